The van der Waals surface area contributed by atoms with E-state index < -0.39 is 0 Å². The highest BCUT2D eigenvalue weighted by Crippen LogP contribution is 2.35. The average molecular weight is 263 g/mol. The summed E-state index contributed by atoms with van der Waals surface area (Å²) in [4.78, 5) is 4.75. The fourth-order valence-corrected chi connectivity index (χ4v) is 2.75. The largest absolute Gasteiger partial charge is 0.454 e. The van der Waals surface area contributed by atoms with Crippen molar-refractivity contribution in [2.45, 2.75) is 12.5 Å². The molecule has 1 aromatic rings. The number of hydrogen-bond donors (Lipinski definition) is 1. The van der Waals surface area contributed by atoms with E-state index in [4.69, 9.17) is 15.2 Å². The number of likely N-dealkylation sites (N-methyl/N-ethyl adjacent to an activating group) is 1. The van der Waals surface area contributed by atoms with Gasteiger partial charge in [0.1, 0.15) is 0 Å². The van der Waals surface area contributed by atoms with Crippen molar-refractivity contribution in [3.05, 3.63) is 18.2 Å². The molecule has 0 spiro atoms. The molecule has 1 saturated heterocycles. The summed E-state index contributed by atoms with van der Waals surface area (Å²) >= 11 is 0. The van der Waals surface area contributed by atoms with Gasteiger partial charge in [-0.2, -0.15) is 0 Å². The van der Waals surface area contributed by atoms with Gasteiger partial charge in [-0.1, -0.05) is 0 Å². The Labute approximate surface area is 113 Å². The van der Waals surface area contributed by atoms with Crippen molar-refractivity contribution in [1.82, 2.24) is 4.90 Å². The lowest BCUT2D eigenvalue weighted by molar-refractivity contribution is 0.174. The molecular weight excluding hydrogens is 242 g/mol. The predicted molar refractivity (Wildman–Crippen MR) is 74.9 cm³/mol. The van der Waals surface area contributed by atoms with Gasteiger partial charge in [-0.25, -0.2) is 0 Å². The highest BCUT2D eigenvalue weighted by atomic mass is 16.7. The van der Waals surface area contributed by atoms with E-state index >= 15 is 0 Å². The maximum Gasteiger partial charge on any atom is 0.231 e. The summed E-state index contributed by atoms with van der Waals surface area (Å²) in [5.41, 5.74) is 7.07. The first kappa shape index (κ1) is 12.6. The third-order valence-electron chi connectivity index (χ3n) is 3.99. The van der Waals surface area contributed by atoms with Crippen LogP contribution in [0.2, 0.25) is 0 Å². The molecule has 2 N–H and O–H groups in total. The van der Waals surface area contributed by atoms with E-state index in [2.05, 4.69) is 29.0 Å². The van der Waals surface area contributed by atoms with Crippen LogP contribution in [0.1, 0.15) is 6.42 Å². The zero-order chi connectivity index (χ0) is 13.2. The van der Waals surface area contributed by atoms with Crippen LogP contribution in [0.15, 0.2) is 18.2 Å². The Balaban J connectivity index is 1.80. The van der Waals surface area contributed by atoms with Gasteiger partial charge in [-0.05, 0) is 32.1 Å². The van der Waals surface area contributed by atoms with E-state index in [-0.39, 0.29) is 0 Å². The highest BCUT2D eigenvalue weighted by molar-refractivity contribution is 5.57. The van der Waals surface area contributed by atoms with Crippen LogP contribution in [0, 0.1) is 0 Å². The number of hydrogen-bond acceptors (Lipinski definition) is 5. The zero-order valence-corrected chi connectivity index (χ0v) is 11.3. The van der Waals surface area contributed by atoms with Gasteiger partial charge in [0, 0.05) is 37.4 Å². The van der Waals surface area contributed by atoms with E-state index in [0.717, 1.165) is 37.6 Å². The Bertz CT molecular complexity index is 452. The maximum absolute atomic E-state index is 5.88. The fourth-order valence-electron chi connectivity index (χ4n) is 2.75. The van der Waals surface area contributed by atoms with Gasteiger partial charge in [0.25, 0.3) is 0 Å². The summed E-state index contributed by atoms with van der Waals surface area (Å²) in [5, 5.41) is 0. The number of rotatable bonds is 2. The van der Waals surface area contributed by atoms with Gasteiger partial charge in [-0.15, -0.1) is 0 Å². The van der Waals surface area contributed by atoms with Crippen molar-refractivity contribution in [2.75, 3.05) is 44.9 Å². The third-order valence-corrected chi connectivity index (χ3v) is 3.99. The molecule has 5 heteroatoms. The lowest BCUT2D eigenvalue weighted by atomic mass is 10.2. The Morgan fingerprint density at radius 1 is 1.26 bits per heavy atom. The Hall–Kier alpha value is -1.46. The van der Waals surface area contributed by atoms with E-state index in [1.54, 1.807) is 0 Å². The second-order valence-electron chi connectivity index (χ2n) is 5.21. The summed E-state index contributed by atoms with van der Waals surface area (Å²) in [7, 11) is 2.15. The standard InChI is InChI=1S/C14H21N3O2/c1-16-5-2-6-17(9-12(16)8-15)11-3-4-13-14(7-11)19-10-18-13/h3-4,7,12H,2,5-6,8-10,15H2,1H3. The monoisotopic (exact) mass is 263 g/mol. The molecule has 104 valence electrons. The molecule has 0 saturated carbocycles. The first-order valence-corrected chi connectivity index (χ1v) is 6.83. The summed E-state index contributed by atoms with van der Waals surface area (Å²) < 4.78 is 10.8. The topological polar surface area (TPSA) is 51.0 Å². The molecule has 1 atom stereocenters. The van der Waals surface area contributed by atoms with Crippen LogP contribution < -0.4 is 20.1 Å². The van der Waals surface area contributed by atoms with Crippen molar-refractivity contribution >= 4 is 5.69 Å². The van der Waals surface area contributed by atoms with Crippen LogP contribution in [0.5, 0.6) is 11.5 Å². The molecule has 1 fully saturated rings. The predicted octanol–water partition coefficient (Wildman–Crippen LogP) is 0.884. The molecule has 0 aliphatic carbocycles. The molecule has 1 aromatic carbocycles. The van der Waals surface area contributed by atoms with Crippen molar-refractivity contribution in [1.29, 1.82) is 0 Å². The van der Waals surface area contributed by atoms with Crippen LogP contribution >= 0.6 is 0 Å². The number of benzene rings is 1. The van der Waals surface area contributed by atoms with E-state index in [1.807, 2.05) is 6.07 Å². The molecule has 3 rings (SSSR count). The lowest BCUT2D eigenvalue weighted by Crippen LogP contribution is -2.43. The fraction of sp³-hybridized carbons (Fsp3) is 0.571. The first-order valence-electron chi connectivity index (χ1n) is 6.83. The number of nitrogens with zero attached hydrogens (tertiary/aromatic N) is 2. The van der Waals surface area contributed by atoms with Gasteiger partial charge in [0.2, 0.25) is 6.79 Å². The minimum Gasteiger partial charge on any atom is -0.454 e. The van der Waals surface area contributed by atoms with Gasteiger partial charge in [0.05, 0.1) is 0 Å². The lowest BCUT2D eigenvalue weighted by Gasteiger charge is -2.29. The number of ether oxygens (including phenoxy) is 2. The van der Waals surface area contributed by atoms with E-state index in [0.29, 0.717) is 19.4 Å². The Morgan fingerprint density at radius 2 is 2.11 bits per heavy atom. The molecule has 19 heavy (non-hydrogen) atoms. The average Bonchev–Trinajstić information content (AvgIpc) is 2.81. The van der Waals surface area contributed by atoms with Crippen molar-refractivity contribution < 1.29 is 9.47 Å². The van der Waals surface area contributed by atoms with Crippen molar-refractivity contribution in [3.63, 3.8) is 0 Å². The van der Waals surface area contributed by atoms with Crippen LogP contribution in [0.3, 0.4) is 0 Å². The van der Waals surface area contributed by atoms with Crippen LogP contribution in [0.4, 0.5) is 5.69 Å². The van der Waals surface area contributed by atoms with E-state index in [1.165, 1.54) is 5.69 Å². The molecule has 0 amide bonds. The minimum absolute atomic E-state index is 0.326. The second kappa shape index (κ2) is 5.27. The second-order valence-corrected chi connectivity index (χ2v) is 5.21. The summed E-state index contributed by atoms with van der Waals surface area (Å²) in [6, 6.07) is 6.57. The maximum atomic E-state index is 5.88. The van der Waals surface area contributed by atoms with Gasteiger partial charge < -0.3 is 25.0 Å². The molecule has 1 unspecified atom stereocenters. The highest BCUT2D eigenvalue weighted by Gasteiger charge is 2.23. The minimum atomic E-state index is 0.326. The smallest absolute Gasteiger partial charge is 0.231 e. The molecule has 0 radical (unpaired) electrons. The van der Waals surface area contributed by atoms with Crippen LogP contribution in [0.25, 0.3) is 0 Å². The third kappa shape index (κ3) is 2.48. The van der Waals surface area contributed by atoms with Gasteiger partial charge in [-0.3, -0.25) is 0 Å². The normalized spacial score (nSPS) is 23.5. The summed E-state index contributed by atoms with van der Waals surface area (Å²) in [6.07, 6.45) is 1.15. The van der Waals surface area contributed by atoms with Crippen LogP contribution in [-0.2, 0) is 0 Å². The Morgan fingerprint density at radius 3 is 2.95 bits per heavy atom. The SMILES string of the molecule is CN1CCCN(c2ccc3c(c2)OCO3)CC1CN. The molecular formula is C14H21N3O2. The first-order chi connectivity index (χ1) is 9.28. The zero-order valence-electron chi connectivity index (χ0n) is 11.3. The molecule has 2 aliphatic rings. The number of nitrogens with two attached hydrogens (primary N) is 1. The molecule has 0 bridgehead atoms. The summed E-state index contributed by atoms with van der Waals surface area (Å²) in [5.74, 6) is 1.69. The molecule has 5 nitrogen and oxygen atoms in total. The number of fused-ring (bicyclic) bond motifs is 1. The quantitative estimate of drug-likeness (QED) is 0.858. The van der Waals surface area contributed by atoms with Crippen molar-refractivity contribution in [3.8, 4) is 11.5 Å². The van der Waals surface area contributed by atoms with Crippen molar-refractivity contribution in [2.24, 2.45) is 5.73 Å². The van der Waals surface area contributed by atoms with Crippen LogP contribution in [-0.4, -0.2) is 51.0 Å². The van der Waals surface area contributed by atoms with Gasteiger partial charge >= 0.3 is 0 Å². The molecule has 0 aromatic heterocycles. The molecule has 2 aliphatic heterocycles. The van der Waals surface area contributed by atoms with Gasteiger partial charge in [0.15, 0.2) is 11.5 Å². The summed E-state index contributed by atoms with van der Waals surface area (Å²) in [6.45, 7) is 4.14. The van der Waals surface area contributed by atoms with E-state index in [9.17, 15) is 0 Å². The Kier molecular flexibility index (Phi) is 3.48. The molecule has 2 heterocycles. The number of anilines is 1.